The molecule has 164 valence electrons. The number of piperazine rings is 1. The molecule has 2 saturated heterocycles. The molecule has 6 heteroatoms. The molecule has 0 radical (unpaired) electrons. The number of hydrogen-bond acceptors (Lipinski definition) is 4. The molecule has 3 aromatic carbocycles. The van der Waals surface area contributed by atoms with Crippen molar-refractivity contribution in [1.29, 1.82) is 0 Å². The average molecular weight is 430 g/mol. The zero-order valence-electron chi connectivity index (χ0n) is 18.2. The van der Waals surface area contributed by atoms with Crippen molar-refractivity contribution in [2.45, 2.75) is 6.42 Å². The molecule has 0 aromatic heterocycles. The minimum absolute atomic E-state index is 0.0207. The Kier molecular flexibility index (Phi) is 5.43. The Bertz CT molecular complexity index is 1150. The van der Waals surface area contributed by atoms with Crippen molar-refractivity contribution in [1.82, 2.24) is 4.90 Å². The molecule has 2 aliphatic heterocycles. The van der Waals surface area contributed by atoms with Gasteiger partial charge < -0.3 is 19.4 Å². The molecular formula is C26H27N3O3. The quantitative estimate of drug-likeness (QED) is 0.637. The summed E-state index contributed by atoms with van der Waals surface area (Å²) in [5.74, 6) is 0.659. The summed E-state index contributed by atoms with van der Waals surface area (Å²) < 4.78 is 5.49. The number of nitrogens with zero attached hydrogens (tertiary/aromatic N) is 3. The molecule has 0 N–H and O–H groups in total. The molecule has 1 unspecified atom stereocenters. The monoisotopic (exact) mass is 429 g/mol. The predicted molar refractivity (Wildman–Crippen MR) is 126 cm³/mol. The molecule has 6 nitrogen and oxygen atoms in total. The Labute approximate surface area is 188 Å². The van der Waals surface area contributed by atoms with Gasteiger partial charge in [0, 0.05) is 44.5 Å². The number of para-hydroxylation sites is 2. The number of carbonyl (C=O) groups is 2. The van der Waals surface area contributed by atoms with E-state index < -0.39 is 0 Å². The van der Waals surface area contributed by atoms with Gasteiger partial charge in [0.25, 0.3) is 0 Å². The summed E-state index contributed by atoms with van der Waals surface area (Å²) >= 11 is 0. The SMILES string of the molecule is COc1ccccc1N1CCN(C(=O)C2CC(=O)N(c3cccc4ccccc34)C2)CC1. The van der Waals surface area contributed by atoms with Crippen LogP contribution < -0.4 is 14.5 Å². The second-order valence-corrected chi connectivity index (χ2v) is 8.39. The maximum Gasteiger partial charge on any atom is 0.228 e. The molecule has 32 heavy (non-hydrogen) atoms. The molecule has 0 aliphatic carbocycles. The van der Waals surface area contributed by atoms with Crippen molar-refractivity contribution >= 4 is 34.0 Å². The van der Waals surface area contributed by atoms with E-state index in [1.807, 2.05) is 71.6 Å². The molecule has 2 amide bonds. The summed E-state index contributed by atoms with van der Waals surface area (Å²) in [7, 11) is 1.68. The van der Waals surface area contributed by atoms with Crippen LogP contribution >= 0.6 is 0 Å². The summed E-state index contributed by atoms with van der Waals surface area (Å²) in [6.45, 7) is 3.24. The van der Waals surface area contributed by atoms with E-state index >= 15 is 0 Å². The van der Waals surface area contributed by atoms with Crippen LogP contribution in [0.15, 0.2) is 66.7 Å². The number of ether oxygens (including phenoxy) is 1. The summed E-state index contributed by atoms with van der Waals surface area (Å²) in [6, 6.07) is 22.0. The highest BCUT2D eigenvalue weighted by molar-refractivity contribution is 6.07. The topological polar surface area (TPSA) is 53.1 Å². The molecule has 5 rings (SSSR count). The first-order valence-electron chi connectivity index (χ1n) is 11.1. The largest absolute Gasteiger partial charge is 0.495 e. The summed E-state index contributed by atoms with van der Waals surface area (Å²) in [4.78, 5) is 32.1. The molecule has 3 aromatic rings. The normalized spacial score (nSPS) is 19.0. The Hall–Kier alpha value is -3.54. The highest BCUT2D eigenvalue weighted by Crippen LogP contribution is 2.33. The van der Waals surface area contributed by atoms with Crippen LogP contribution in [0.4, 0.5) is 11.4 Å². The Morgan fingerprint density at radius 3 is 2.38 bits per heavy atom. The minimum Gasteiger partial charge on any atom is -0.495 e. The number of methoxy groups -OCH3 is 1. The van der Waals surface area contributed by atoms with Gasteiger partial charge >= 0.3 is 0 Å². The van der Waals surface area contributed by atoms with Gasteiger partial charge in [0.2, 0.25) is 11.8 Å². The number of fused-ring (bicyclic) bond motifs is 1. The fourth-order valence-corrected chi connectivity index (χ4v) is 4.87. The molecule has 2 fully saturated rings. The molecule has 2 aliphatic rings. The highest BCUT2D eigenvalue weighted by atomic mass is 16.5. The van der Waals surface area contributed by atoms with Crippen LogP contribution in [0.1, 0.15) is 6.42 Å². The Morgan fingerprint density at radius 1 is 0.875 bits per heavy atom. The van der Waals surface area contributed by atoms with Gasteiger partial charge in [-0.1, -0.05) is 48.5 Å². The third-order valence-corrected chi connectivity index (χ3v) is 6.55. The zero-order chi connectivity index (χ0) is 22.1. The van der Waals surface area contributed by atoms with Gasteiger partial charge in [-0.25, -0.2) is 0 Å². The molecule has 0 spiro atoms. The van der Waals surface area contributed by atoms with Crippen molar-refractivity contribution in [3.63, 3.8) is 0 Å². The highest BCUT2D eigenvalue weighted by Gasteiger charge is 2.38. The van der Waals surface area contributed by atoms with Crippen LogP contribution in [-0.2, 0) is 9.59 Å². The fraction of sp³-hybridized carbons (Fsp3) is 0.308. The van der Waals surface area contributed by atoms with E-state index in [0.717, 1.165) is 41.0 Å². The second-order valence-electron chi connectivity index (χ2n) is 8.39. The van der Waals surface area contributed by atoms with E-state index in [-0.39, 0.29) is 24.2 Å². The number of hydrogen-bond donors (Lipinski definition) is 0. The number of amides is 2. The lowest BCUT2D eigenvalue weighted by molar-refractivity contribution is -0.136. The van der Waals surface area contributed by atoms with Crippen LogP contribution in [0.25, 0.3) is 10.8 Å². The van der Waals surface area contributed by atoms with Gasteiger partial charge in [0.15, 0.2) is 0 Å². The summed E-state index contributed by atoms with van der Waals surface area (Å²) in [5, 5.41) is 2.14. The maximum absolute atomic E-state index is 13.3. The van der Waals surface area contributed by atoms with Gasteiger partial charge in [0.1, 0.15) is 5.75 Å². The van der Waals surface area contributed by atoms with Gasteiger partial charge in [-0.15, -0.1) is 0 Å². The van der Waals surface area contributed by atoms with E-state index in [1.54, 1.807) is 12.0 Å². The minimum atomic E-state index is -0.292. The first-order valence-corrected chi connectivity index (χ1v) is 11.1. The second kappa shape index (κ2) is 8.54. The molecule has 0 saturated carbocycles. The van der Waals surface area contributed by atoms with Crippen molar-refractivity contribution in [3.05, 3.63) is 66.7 Å². The van der Waals surface area contributed by atoms with Crippen LogP contribution in [0.3, 0.4) is 0 Å². The lowest BCUT2D eigenvalue weighted by atomic mass is 10.1. The smallest absolute Gasteiger partial charge is 0.228 e. The lowest BCUT2D eigenvalue weighted by Gasteiger charge is -2.37. The standard InChI is InChI=1S/C26H27N3O3/c1-32-24-12-5-4-10-23(24)27-13-15-28(16-14-27)26(31)20-17-25(30)29(18-20)22-11-6-8-19-7-2-3-9-21(19)22/h2-12,20H,13-18H2,1H3. The maximum atomic E-state index is 13.3. The molecule has 2 heterocycles. The molecular weight excluding hydrogens is 402 g/mol. The van der Waals surface area contributed by atoms with Gasteiger partial charge in [-0.3, -0.25) is 9.59 Å². The van der Waals surface area contributed by atoms with Crippen LogP contribution in [-0.4, -0.2) is 56.5 Å². The van der Waals surface area contributed by atoms with Crippen LogP contribution in [0, 0.1) is 5.92 Å². The van der Waals surface area contributed by atoms with E-state index in [2.05, 4.69) is 4.90 Å². The van der Waals surface area contributed by atoms with E-state index in [4.69, 9.17) is 4.74 Å². The number of anilines is 2. The Balaban J connectivity index is 1.27. The predicted octanol–water partition coefficient (Wildman–Crippen LogP) is 3.55. The zero-order valence-corrected chi connectivity index (χ0v) is 18.2. The number of benzene rings is 3. The van der Waals surface area contributed by atoms with Crippen molar-refractivity contribution < 1.29 is 14.3 Å². The van der Waals surface area contributed by atoms with Gasteiger partial charge in [-0.2, -0.15) is 0 Å². The van der Waals surface area contributed by atoms with Crippen molar-refractivity contribution in [2.75, 3.05) is 49.6 Å². The van der Waals surface area contributed by atoms with Crippen LogP contribution in [0.2, 0.25) is 0 Å². The molecule has 1 atom stereocenters. The number of rotatable bonds is 4. The summed E-state index contributed by atoms with van der Waals surface area (Å²) in [6.07, 6.45) is 0.273. The van der Waals surface area contributed by atoms with E-state index in [9.17, 15) is 9.59 Å². The third-order valence-electron chi connectivity index (χ3n) is 6.55. The van der Waals surface area contributed by atoms with Crippen molar-refractivity contribution in [2.24, 2.45) is 5.92 Å². The van der Waals surface area contributed by atoms with Gasteiger partial charge in [-0.05, 0) is 23.6 Å². The van der Waals surface area contributed by atoms with Gasteiger partial charge in [0.05, 0.1) is 24.4 Å². The fourth-order valence-electron chi connectivity index (χ4n) is 4.87. The Morgan fingerprint density at radius 2 is 1.56 bits per heavy atom. The average Bonchev–Trinajstić information content (AvgIpc) is 3.24. The first kappa shape index (κ1) is 20.4. The van der Waals surface area contributed by atoms with E-state index in [1.165, 1.54) is 0 Å². The van der Waals surface area contributed by atoms with Crippen molar-refractivity contribution in [3.8, 4) is 5.75 Å². The van der Waals surface area contributed by atoms with E-state index in [0.29, 0.717) is 19.6 Å². The summed E-state index contributed by atoms with van der Waals surface area (Å²) in [5.41, 5.74) is 1.95. The van der Waals surface area contributed by atoms with Crippen LogP contribution in [0.5, 0.6) is 5.75 Å². The first-order chi connectivity index (χ1) is 15.7. The number of carbonyl (C=O) groups excluding carboxylic acids is 2. The third kappa shape index (κ3) is 3.66. The lowest BCUT2D eigenvalue weighted by Crippen LogP contribution is -2.50. The molecule has 0 bridgehead atoms.